The second-order valence-electron chi connectivity index (χ2n) is 4.81. The smallest absolute Gasteiger partial charge is 0.148 e. The summed E-state index contributed by atoms with van der Waals surface area (Å²) in [6.07, 6.45) is 1.30. The minimum absolute atomic E-state index is 0.262. The maximum atomic E-state index is 11.1. The number of piperazine rings is 1. The SMILES string of the molecule is COCCN1CCN(CCS(C)(=O)=O)C[C@H]1C. The van der Waals surface area contributed by atoms with Crippen molar-refractivity contribution in [2.75, 3.05) is 58.4 Å². The van der Waals surface area contributed by atoms with Crippen LogP contribution in [-0.4, -0.2) is 82.7 Å². The van der Waals surface area contributed by atoms with Crippen molar-refractivity contribution in [3.63, 3.8) is 0 Å². The van der Waals surface area contributed by atoms with Gasteiger partial charge in [0.2, 0.25) is 0 Å². The van der Waals surface area contributed by atoms with Gasteiger partial charge in [0.25, 0.3) is 0 Å². The summed E-state index contributed by atoms with van der Waals surface area (Å²) in [4.78, 5) is 4.62. The van der Waals surface area contributed by atoms with Crippen LogP contribution in [0.3, 0.4) is 0 Å². The Kier molecular flexibility index (Phi) is 5.85. The predicted molar refractivity (Wildman–Crippen MR) is 69.1 cm³/mol. The van der Waals surface area contributed by atoms with Crippen molar-refractivity contribution in [2.45, 2.75) is 13.0 Å². The highest BCUT2D eigenvalue weighted by Crippen LogP contribution is 2.09. The van der Waals surface area contributed by atoms with Gasteiger partial charge in [0.15, 0.2) is 0 Å². The van der Waals surface area contributed by atoms with Crippen molar-refractivity contribution in [3.8, 4) is 0 Å². The molecule has 0 aromatic rings. The highest BCUT2D eigenvalue weighted by molar-refractivity contribution is 7.90. The van der Waals surface area contributed by atoms with Gasteiger partial charge in [0.1, 0.15) is 9.84 Å². The van der Waals surface area contributed by atoms with Crippen LogP contribution < -0.4 is 0 Å². The van der Waals surface area contributed by atoms with Crippen LogP contribution in [0.1, 0.15) is 6.92 Å². The quantitative estimate of drug-likeness (QED) is 0.658. The Morgan fingerprint density at radius 3 is 2.53 bits per heavy atom. The van der Waals surface area contributed by atoms with Gasteiger partial charge < -0.3 is 4.74 Å². The molecule has 1 fully saturated rings. The number of ether oxygens (including phenoxy) is 1. The minimum Gasteiger partial charge on any atom is -0.383 e. The summed E-state index contributed by atoms with van der Waals surface area (Å²) >= 11 is 0. The number of sulfone groups is 1. The van der Waals surface area contributed by atoms with Gasteiger partial charge in [0.05, 0.1) is 12.4 Å². The summed E-state index contributed by atoms with van der Waals surface area (Å²) < 4.78 is 27.3. The molecule has 1 aliphatic rings. The van der Waals surface area contributed by atoms with Gasteiger partial charge in [-0.1, -0.05) is 0 Å². The number of hydrogen-bond acceptors (Lipinski definition) is 5. The molecule has 0 bridgehead atoms. The van der Waals surface area contributed by atoms with Crippen molar-refractivity contribution >= 4 is 9.84 Å². The molecule has 1 aliphatic heterocycles. The summed E-state index contributed by atoms with van der Waals surface area (Å²) in [6, 6.07) is 0.471. The Morgan fingerprint density at radius 1 is 1.29 bits per heavy atom. The normalized spacial score (nSPS) is 24.1. The fourth-order valence-corrected chi connectivity index (χ4v) is 2.70. The molecule has 1 atom stereocenters. The largest absolute Gasteiger partial charge is 0.383 e. The van der Waals surface area contributed by atoms with E-state index >= 15 is 0 Å². The Hall–Kier alpha value is -0.170. The summed E-state index contributed by atoms with van der Waals surface area (Å²) in [6.45, 7) is 7.44. The topological polar surface area (TPSA) is 49.9 Å². The van der Waals surface area contributed by atoms with E-state index in [2.05, 4.69) is 16.7 Å². The Labute approximate surface area is 105 Å². The van der Waals surface area contributed by atoms with Crippen LogP contribution in [0.2, 0.25) is 0 Å². The Morgan fingerprint density at radius 2 is 2.00 bits per heavy atom. The number of hydrogen-bond donors (Lipinski definition) is 0. The van der Waals surface area contributed by atoms with E-state index in [1.807, 2.05) is 0 Å². The molecule has 6 heteroatoms. The van der Waals surface area contributed by atoms with E-state index in [9.17, 15) is 8.42 Å². The maximum absolute atomic E-state index is 11.1. The molecule has 0 saturated carbocycles. The summed E-state index contributed by atoms with van der Waals surface area (Å²) in [7, 11) is -1.13. The van der Waals surface area contributed by atoms with Gasteiger partial charge in [-0.2, -0.15) is 0 Å². The summed E-state index contributed by atoms with van der Waals surface area (Å²) in [5.41, 5.74) is 0. The first kappa shape index (κ1) is 14.9. The third-order valence-corrected chi connectivity index (χ3v) is 4.13. The predicted octanol–water partition coefficient (Wildman–Crippen LogP) is -0.316. The molecule has 0 unspecified atom stereocenters. The number of methoxy groups -OCH3 is 1. The average molecular weight is 264 g/mol. The van der Waals surface area contributed by atoms with Crippen molar-refractivity contribution in [2.24, 2.45) is 0 Å². The van der Waals surface area contributed by atoms with Gasteiger partial charge in [-0.15, -0.1) is 0 Å². The maximum Gasteiger partial charge on any atom is 0.148 e. The van der Waals surface area contributed by atoms with E-state index in [1.165, 1.54) is 6.26 Å². The van der Waals surface area contributed by atoms with E-state index in [1.54, 1.807) is 7.11 Å². The highest BCUT2D eigenvalue weighted by atomic mass is 32.2. The first-order valence-electron chi connectivity index (χ1n) is 6.05. The zero-order chi connectivity index (χ0) is 12.9. The molecular weight excluding hydrogens is 240 g/mol. The second kappa shape index (κ2) is 6.68. The van der Waals surface area contributed by atoms with Crippen LogP contribution in [0.25, 0.3) is 0 Å². The van der Waals surface area contributed by atoms with Gasteiger partial charge in [-0.3, -0.25) is 9.80 Å². The van der Waals surface area contributed by atoms with Crippen LogP contribution in [0.15, 0.2) is 0 Å². The number of rotatable bonds is 6. The zero-order valence-corrected chi connectivity index (χ0v) is 11.9. The minimum atomic E-state index is -2.84. The molecule has 0 aromatic heterocycles. The zero-order valence-electron chi connectivity index (χ0n) is 11.1. The molecule has 5 nitrogen and oxygen atoms in total. The third-order valence-electron chi connectivity index (χ3n) is 3.21. The van der Waals surface area contributed by atoms with E-state index in [0.29, 0.717) is 12.6 Å². The fourth-order valence-electron chi connectivity index (χ4n) is 2.11. The Balaban J connectivity index is 2.31. The number of nitrogens with zero attached hydrogens (tertiary/aromatic N) is 2. The highest BCUT2D eigenvalue weighted by Gasteiger charge is 2.23. The molecule has 0 aromatic carbocycles. The molecule has 1 rings (SSSR count). The molecule has 0 aliphatic carbocycles. The summed E-state index contributed by atoms with van der Waals surface area (Å²) in [5, 5.41) is 0. The molecular formula is C11H24N2O3S. The van der Waals surface area contributed by atoms with Gasteiger partial charge in [-0.05, 0) is 6.92 Å². The van der Waals surface area contributed by atoms with Gasteiger partial charge in [-0.25, -0.2) is 8.42 Å². The molecule has 17 heavy (non-hydrogen) atoms. The van der Waals surface area contributed by atoms with Crippen molar-refractivity contribution in [1.82, 2.24) is 9.80 Å². The standard InChI is InChI=1S/C11H24N2O3S/c1-11-10-12(7-9-17(3,14)15)4-5-13(11)6-8-16-2/h11H,4-10H2,1-3H3/t11-/m1/s1. The molecule has 1 heterocycles. The molecule has 0 amide bonds. The van der Waals surface area contributed by atoms with E-state index < -0.39 is 9.84 Å². The lowest BCUT2D eigenvalue weighted by Gasteiger charge is -2.39. The van der Waals surface area contributed by atoms with Crippen LogP contribution in [0, 0.1) is 0 Å². The van der Waals surface area contributed by atoms with Gasteiger partial charge >= 0.3 is 0 Å². The van der Waals surface area contributed by atoms with Gasteiger partial charge in [0, 0.05) is 52.1 Å². The molecule has 102 valence electrons. The van der Waals surface area contributed by atoms with E-state index in [4.69, 9.17) is 4.74 Å². The van der Waals surface area contributed by atoms with Crippen LogP contribution in [0.4, 0.5) is 0 Å². The first-order valence-corrected chi connectivity index (χ1v) is 8.11. The summed E-state index contributed by atoms with van der Waals surface area (Å²) in [5.74, 6) is 0.262. The third kappa shape index (κ3) is 5.81. The van der Waals surface area contributed by atoms with Crippen LogP contribution in [-0.2, 0) is 14.6 Å². The molecule has 0 radical (unpaired) electrons. The fraction of sp³-hybridized carbons (Fsp3) is 1.00. The van der Waals surface area contributed by atoms with Crippen molar-refractivity contribution < 1.29 is 13.2 Å². The lowest BCUT2D eigenvalue weighted by Crippen LogP contribution is -2.53. The molecule has 0 spiro atoms. The first-order chi connectivity index (χ1) is 7.92. The Bertz CT molecular complexity index is 319. The molecule has 1 saturated heterocycles. The van der Waals surface area contributed by atoms with E-state index in [-0.39, 0.29) is 5.75 Å². The van der Waals surface area contributed by atoms with E-state index in [0.717, 1.165) is 32.8 Å². The lowest BCUT2D eigenvalue weighted by atomic mass is 10.2. The second-order valence-corrected chi connectivity index (χ2v) is 7.07. The average Bonchev–Trinajstić information content (AvgIpc) is 2.24. The molecule has 0 N–H and O–H groups in total. The lowest BCUT2D eigenvalue weighted by molar-refractivity contribution is 0.0617. The van der Waals surface area contributed by atoms with Crippen molar-refractivity contribution in [1.29, 1.82) is 0 Å². The van der Waals surface area contributed by atoms with Crippen LogP contribution in [0.5, 0.6) is 0 Å². The van der Waals surface area contributed by atoms with Crippen LogP contribution >= 0.6 is 0 Å². The van der Waals surface area contributed by atoms with Crippen molar-refractivity contribution in [3.05, 3.63) is 0 Å². The monoisotopic (exact) mass is 264 g/mol.